The fraction of sp³-hybridized carbons (Fsp3) is 0.316. The Labute approximate surface area is 153 Å². The molecule has 25 heavy (non-hydrogen) atoms. The zero-order chi connectivity index (χ0) is 18.2. The predicted octanol–water partition coefficient (Wildman–Crippen LogP) is 3.19. The van der Waals surface area contributed by atoms with E-state index in [0.29, 0.717) is 31.1 Å². The molecule has 1 aromatic heterocycles. The number of hydrogen-bond acceptors (Lipinski definition) is 3. The van der Waals surface area contributed by atoms with Crippen molar-refractivity contribution < 1.29 is 9.59 Å². The predicted molar refractivity (Wildman–Crippen MR) is 99.0 cm³/mol. The van der Waals surface area contributed by atoms with Crippen LogP contribution in [-0.2, 0) is 6.42 Å². The molecule has 0 spiro atoms. The molecule has 6 heteroatoms. The van der Waals surface area contributed by atoms with E-state index < -0.39 is 0 Å². The quantitative estimate of drug-likeness (QED) is 0.825. The zero-order valence-corrected chi connectivity index (χ0v) is 15.2. The highest BCUT2D eigenvalue weighted by Gasteiger charge is 2.16. The van der Waals surface area contributed by atoms with Gasteiger partial charge in [-0.25, -0.2) is 4.98 Å². The molecule has 0 aliphatic rings. The Morgan fingerprint density at radius 3 is 2.32 bits per heavy atom. The second-order valence-corrected chi connectivity index (χ2v) is 5.95. The summed E-state index contributed by atoms with van der Waals surface area (Å²) in [6.45, 7) is 5.52. The fourth-order valence-electron chi connectivity index (χ4n) is 2.42. The third kappa shape index (κ3) is 5.29. The van der Waals surface area contributed by atoms with Gasteiger partial charge >= 0.3 is 0 Å². The Kier molecular flexibility index (Phi) is 6.95. The maximum Gasteiger partial charge on any atom is 0.272 e. The summed E-state index contributed by atoms with van der Waals surface area (Å²) in [5.41, 5.74) is 1.62. The summed E-state index contributed by atoms with van der Waals surface area (Å²) in [6, 6.07) is 12.4. The standard InChI is InChI=1S/C19H22ClN3O2/c1-3-23(4-2)19(25)17-7-5-6-16(22-17)18(24)21-13-12-14-8-10-15(20)11-9-14/h5-11H,3-4,12-13H2,1-2H3,(H,21,24). The number of carbonyl (C=O) groups excluding carboxylic acids is 2. The molecule has 132 valence electrons. The van der Waals surface area contributed by atoms with Crippen LogP contribution < -0.4 is 5.32 Å². The number of rotatable bonds is 7. The van der Waals surface area contributed by atoms with E-state index in [4.69, 9.17) is 11.6 Å². The molecule has 0 aliphatic heterocycles. The van der Waals surface area contributed by atoms with Gasteiger partial charge in [0.2, 0.25) is 0 Å². The number of aromatic nitrogens is 1. The molecule has 0 saturated heterocycles. The van der Waals surface area contributed by atoms with Gasteiger partial charge in [-0.05, 0) is 50.1 Å². The van der Waals surface area contributed by atoms with E-state index in [0.717, 1.165) is 5.56 Å². The molecular formula is C19H22ClN3O2. The summed E-state index contributed by atoms with van der Waals surface area (Å²) in [4.78, 5) is 30.5. The molecule has 1 N–H and O–H groups in total. The molecule has 1 aromatic carbocycles. The van der Waals surface area contributed by atoms with E-state index in [1.807, 2.05) is 38.1 Å². The number of nitrogens with zero attached hydrogens (tertiary/aromatic N) is 2. The van der Waals surface area contributed by atoms with E-state index in [-0.39, 0.29) is 23.2 Å². The van der Waals surface area contributed by atoms with Crippen LogP contribution in [0.15, 0.2) is 42.5 Å². The van der Waals surface area contributed by atoms with Crippen LogP contribution in [0.4, 0.5) is 0 Å². The second kappa shape index (κ2) is 9.18. The van der Waals surface area contributed by atoms with Crippen molar-refractivity contribution in [3.8, 4) is 0 Å². The molecule has 0 saturated carbocycles. The fourth-order valence-corrected chi connectivity index (χ4v) is 2.54. The van der Waals surface area contributed by atoms with Crippen LogP contribution in [0.25, 0.3) is 0 Å². The van der Waals surface area contributed by atoms with Gasteiger partial charge in [0.15, 0.2) is 0 Å². The lowest BCUT2D eigenvalue weighted by Crippen LogP contribution is -2.32. The largest absolute Gasteiger partial charge is 0.350 e. The molecule has 1 heterocycles. The van der Waals surface area contributed by atoms with Gasteiger partial charge in [0.05, 0.1) is 0 Å². The monoisotopic (exact) mass is 359 g/mol. The Bertz CT molecular complexity index is 728. The SMILES string of the molecule is CCN(CC)C(=O)c1cccc(C(=O)NCCc2ccc(Cl)cc2)n1. The van der Waals surface area contributed by atoms with E-state index in [2.05, 4.69) is 10.3 Å². The highest BCUT2D eigenvalue weighted by molar-refractivity contribution is 6.30. The lowest BCUT2D eigenvalue weighted by atomic mass is 10.1. The van der Waals surface area contributed by atoms with Crippen LogP contribution in [0.2, 0.25) is 5.02 Å². The van der Waals surface area contributed by atoms with E-state index in [1.165, 1.54) is 0 Å². The minimum absolute atomic E-state index is 0.166. The molecule has 0 bridgehead atoms. The number of nitrogens with one attached hydrogen (secondary N) is 1. The minimum Gasteiger partial charge on any atom is -0.350 e. The van der Waals surface area contributed by atoms with Gasteiger partial charge in [-0.2, -0.15) is 0 Å². The molecule has 0 radical (unpaired) electrons. The summed E-state index contributed by atoms with van der Waals surface area (Å²) in [7, 11) is 0. The molecule has 0 aliphatic carbocycles. The van der Waals surface area contributed by atoms with Gasteiger partial charge in [0.1, 0.15) is 11.4 Å². The van der Waals surface area contributed by atoms with Gasteiger partial charge < -0.3 is 10.2 Å². The first-order chi connectivity index (χ1) is 12.0. The van der Waals surface area contributed by atoms with Gasteiger partial charge in [0, 0.05) is 24.7 Å². The Morgan fingerprint density at radius 1 is 1.04 bits per heavy atom. The van der Waals surface area contributed by atoms with Gasteiger partial charge in [-0.15, -0.1) is 0 Å². The van der Waals surface area contributed by atoms with E-state index in [1.54, 1.807) is 23.1 Å². The summed E-state index contributed by atoms with van der Waals surface area (Å²) < 4.78 is 0. The Balaban J connectivity index is 1.96. The van der Waals surface area contributed by atoms with E-state index >= 15 is 0 Å². The summed E-state index contributed by atoms with van der Waals surface area (Å²) in [5, 5.41) is 3.51. The number of halogens is 1. The highest BCUT2D eigenvalue weighted by Crippen LogP contribution is 2.09. The maximum atomic E-state index is 12.3. The topological polar surface area (TPSA) is 62.3 Å². The second-order valence-electron chi connectivity index (χ2n) is 5.52. The molecular weight excluding hydrogens is 338 g/mol. The molecule has 5 nitrogen and oxygen atoms in total. The number of benzene rings is 1. The molecule has 0 fully saturated rings. The first-order valence-corrected chi connectivity index (χ1v) is 8.72. The van der Waals surface area contributed by atoms with Crippen LogP contribution in [0.5, 0.6) is 0 Å². The van der Waals surface area contributed by atoms with Crippen molar-refractivity contribution in [2.75, 3.05) is 19.6 Å². The van der Waals surface area contributed by atoms with Crippen molar-refractivity contribution in [2.45, 2.75) is 20.3 Å². The van der Waals surface area contributed by atoms with Crippen LogP contribution in [0.3, 0.4) is 0 Å². The number of amides is 2. The van der Waals surface area contributed by atoms with Crippen LogP contribution in [0.1, 0.15) is 40.4 Å². The van der Waals surface area contributed by atoms with Crippen molar-refractivity contribution >= 4 is 23.4 Å². The highest BCUT2D eigenvalue weighted by atomic mass is 35.5. The number of carbonyl (C=O) groups is 2. The number of hydrogen-bond donors (Lipinski definition) is 1. The summed E-state index contributed by atoms with van der Waals surface area (Å²) >= 11 is 5.85. The Hall–Kier alpha value is -2.40. The van der Waals surface area contributed by atoms with Crippen molar-refractivity contribution in [3.63, 3.8) is 0 Å². The van der Waals surface area contributed by atoms with E-state index in [9.17, 15) is 9.59 Å². The number of pyridine rings is 1. The average molecular weight is 360 g/mol. The molecule has 0 unspecified atom stereocenters. The third-order valence-corrected chi connectivity index (χ3v) is 4.12. The minimum atomic E-state index is -0.289. The zero-order valence-electron chi connectivity index (χ0n) is 14.5. The van der Waals surface area contributed by atoms with Gasteiger partial charge in [-0.3, -0.25) is 9.59 Å². The van der Waals surface area contributed by atoms with Crippen LogP contribution in [0, 0.1) is 0 Å². The molecule has 2 amide bonds. The lowest BCUT2D eigenvalue weighted by Gasteiger charge is -2.18. The maximum absolute atomic E-state index is 12.3. The van der Waals surface area contributed by atoms with Crippen molar-refractivity contribution in [2.24, 2.45) is 0 Å². The first kappa shape index (κ1) is 18.9. The van der Waals surface area contributed by atoms with Crippen molar-refractivity contribution in [1.82, 2.24) is 15.2 Å². The molecule has 2 rings (SSSR count). The van der Waals surface area contributed by atoms with Gasteiger partial charge in [-0.1, -0.05) is 29.8 Å². The molecule has 2 aromatic rings. The smallest absolute Gasteiger partial charge is 0.272 e. The van der Waals surface area contributed by atoms with Crippen molar-refractivity contribution in [3.05, 3.63) is 64.4 Å². The first-order valence-electron chi connectivity index (χ1n) is 8.34. The van der Waals surface area contributed by atoms with Gasteiger partial charge in [0.25, 0.3) is 11.8 Å². The average Bonchev–Trinajstić information content (AvgIpc) is 2.64. The Morgan fingerprint density at radius 2 is 1.68 bits per heavy atom. The van der Waals surface area contributed by atoms with Crippen LogP contribution >= 0.6 is 11.6 Å². The summed E-state index contributed by atoms with van der Waals surface area (Å²) in [5.74, 6) is -0.455. The van der Waals surface area contributed by atoms with Crippen molar-refractivity contribution in [1.29, 1.82) is 0 Å². The normalized spacial score (nSPS) is 10.4. The molecule has 0 atom stereocenters. The third-order valence-electron chi connectivity index (χ3n) is 3.86. The lowest BCUT2D eigenvalue weighted by molar-refractivity contribution is 0.0767. The summed E-state index contributed by atoms with van der Waals surface area (Å²) in [6.07, 6.45) is 0.695. The van der Waals surface area contributed by atoms with Crippen LogP contribution in [-0.4, -0.2) is 41.3 Å².